The van der Waals surface area contributed by atoms with Gasteiger partial charge in [-0.3, -0.25) is 4.98 Å². The molecule has 0 amide bonds. The van der Waals surface area contributed by atoms with Gasteiger partial charge >= 0.3 is 0 Å². The number of benzene rings is 1. The van der Waals surface area contributed by atoms with Crippen LogP contribution in [0.5, 0.6) is 0 Å². The maximum Gasteiger partial charge on any atom is 0.101 e. The summed E-state index contributed by atoms with van der Waals surface area (Å²) in [5.41, 5.74) is 2.69. The fourth-order valence-corrected chi connectivity index (χ4v) is 4.85. The molecule has 0 spiro atoms. The summed E-state index contributed by atoms with van der Waals surface area (Å²) in [5.74, 6) is 1.96. The van der Waals surface area contributed by atoms with Crippen molar-refractivity contribution in [3.05, 3.63) is 41.6 Å². The van der Waals surface area contributed by atoms with Crippen molar-refractivity contribution >= 4 is 10.9 Å². The van der Waals surface area contributed by atoms with Gasteiger partial charge in [0.25, 0.3) is 0 Å². The van der Waals surface area contributed by atoms with E-state index in [1.54, 1.807) is 0 Å². The highest BCUT2D eigenvalue weighted by atomic mass is 15.2. The quantitative estimate of drug-likeness (QED) is 0.852. The van der Waals surface area contributed by atoms with Gasteiger partial charge in [0.05, 0.1) is 11.1 Å². The summed E-state index contributed by atoms with van der Waals surface area (Å²) in [6.07, 6.45) is 2.51. The zero-order valence-corrected chi connectivity index (χ0v) is 15.9. The molecule has 2 aliphatic rings. The third kappa shape index (κ3) is 3.60. The van der Waals surface area contributed by atoms with Crippen molar-refractivity contribution in [2.24, 2.45) is 11.8 Å². The molecule has 1 aromatic heterocycles. The summed E-state index contributed by atoms with van der Waals surface area (Å²) in [4.78, 5) is 10.0. The van der Waals surface area contributed by atoms with Crippen molar-refractivity contribution < 1.29 is 0 Å². The molecular formula is C22H28N4. The van der Waals surface area contributed by atoms with E-state index in [0.717, 1.165) is 29.1 Å². The second kappa shape index (κ2) is 7.34. The van der Waals surface area contributed by atoms with Gasteiger partial charge in [0.2, 0.25) is 0 Å². The second-order valence-electron chi connectivity index (χ2n) is 8.40. The lowest BCUT2D eigenvalue weighted by molar-refractivity contribution is 0.141. The second-order valence-corrected chi connectivity index (χ2v) is 8.40. The number of aromatic nitrogens is 1. The summed E-state index contributed by atoms with van der Waals surface area (Å²) in [6, 6.07) is 12.4. The first kappa shape index (κ1) is 17.5. The number of pyridine rings is 1. The smallest absolute Gasteiger partial charge is 0.101 e. The molecule has 0 saturated carbocycles. The number of nitriles is 1. The first-order valence-corrected chi connectivity index (χ1v) is 9.83. The number of piperidine rings is 1. The lowest BCUT2D eigenvalue weighted by atomic mass is 9.87. The van der Waals surface area contributed by atoms with E-state index in [0.29, 0.717) is 17.4 Å². The van der Waals surface area contributed by atoms with E-state index in [-0.39, 0.29) is 0 Å². The van der Waals surface area contributed by atoms with Crippen LogP contribution >= 0.6 is 0 Å². The number of hydrogen-bond donors (Lipinski definition) is 0. The fourth-order valence-electron chi connectivity index (χ4n) is 4.85. The van der Waals surface area contributed by atoms with Crippen LogP contribution in [0.3, 0.4) is 0 Å². The molecular weight excluding hydrogens is 320 g/mol. The molecule has 1 aromatic carbocycles. The van der Waals surface area contributed by atoms with Gasteiger partial charge in [0.15, 0.2) is 0 Å². The number of nitrogens with zero attached hydrogens (tertiary/aromatic N) is 4. The third-order valence-electron chi connectivity index (χ3n) is 6.02. The molecule has 4 heteroatoms. The van der Waals surface area contributed by atoms with Crippen LogP contribution in [0.4, 0.5) is 0 Å². The van der Waals surface area contributed by atoms with Gasteiger partial charge in [-0.2, -0.15) is 5.26 Å². The Hall–Kier alpha value is -1.96. The van der Waals surface area contributed by atoms with E-state index >= 15 is 0 Å². The number of para-hydroxylation sites is 1. The Bertz CT molecular complexity index is 824. The molecule has 2 aromatic rings. The molecule has 3 unspecified atom stereocenters. The molecule has 136 valence electrons. The van der Waals surface area contributed by atoms with Gasteiger partial charge in [-0.05, 0) is 50.4 Å². The monoisotopic (exact) mass is 348 g/mol. The minimum Gasteiger partial charge on any atom is -0.306 e. The molecule has 2 saturated heterocycles. The highest BCUT2D eigenvalue weighted by Gasteiger charge is 2.30. The Labute approximate surface area is 156 Å². The van der Waals surface area contributed by atoms with Crippen LogP contribution in [0.2, 0.25) is 0 Å². The van der Waals surface area contributed by atoms with E-state index in [9.17, 15) is 5.26 Å². The van der Waals surface area contributed by atoms with Crippen LogP contribution in [-0.2, 0) is 0 Å². The van der Waals surface area contributed by atoms with Gasteiger partial charge in [0.1, 0.15) is 6.07 Å². The van der Waals surface area contributed by atoms with Crippen molar-refractivity contribution in [3.8, 4) is 6.07 Å². The zero-order valence-electron chi connectivity index (χ0n) is 15.9. The summed E-state index contributed by atoms with van der Waals surface area (Å²) < 4.78 is 0. The Morgan fingerprint density at radius 1 is 1.19 bits per heavy atom. The SMILES string of the molecule is CC1CC(c2ccc3cccc(C#N)c3n2)CN(CC2CCN(C)C2)C1. The Kier molecular flexibility index (Phi) is 4.93. The van der Waals surface area contributed by atoms with Crippen LogP contribution in [0.1, 0.15) is 36.9 Å². The van der Waals surface area contributed by atoms with Crippen LogP contribution in [0.15, 0.2) is 30.3 Å². The molecule has 4 nitrogen and oxygen atoms in total. The minimum absolute atomic E-state index is 0.467. The minimum atomic E-state index is 0.467. The maximum absolute atomic E-state index is 9.40. The molecule has 2 aliphatic heterocycles. The number of rotatable bonds is 3. The first-order valence-electron chi connectivity index (χ1n) is 9.83. The summed E-state index contributed by atoms with van der Waals surface area (Å²) in [5, 5.41) is 10.5. The third-order valence-corrected chi connectivity index (χ3v) is 6.02. The largest absolute Gasteiger partial charge is 0.306 e. The number of fused-ring (bicyclic) bond motifs is 1. The Balaban J connectivity index is 1.54. The predicted octanol–water partition coefficient (Wildman–Crippen LogP) is 3.48. The van der Waals surface area contributed by atoms with E-state index in [1.165, 1.54) is 39.0 Å². The van der Waals surface area contributed by atoms with Crippen molar-refractivity contribution in [3.63, 3.8) is 0 Å². The average Bonchev–Trinajstić information content (AvgIpc) is 3.05. The summed E-state index contributed by atoms with van der Waals surface area (Å²) >= 11 is 0. The molecule has 26 heavy (non-hydrogen) atoms. The van der Waals surface area contributed by atoms with Gasteiger partial charge in [-0.25, -0.2) is 0 Å². The van der Waals surface area contributed by atoms with Crippen LogP contribution in [-0.4, -0.2) is 54.6 Å². The zero-order chi connectivity index (χ0) is 18.1. The molecule has 3 heterocycles. The maximum atomic E-state index is 9.40. The van der Waals surface area contributed by atoms with Crippen molar-refractivity contribution in [2.75, 3.05) is 39.8 Å². The standard InChI is InChI=1S/C22H28N4/c1-16-10-20(15-26(12-16)14-17-8-9-25(2)13-17)21-7-6-18-4-3-5-19(11-23)22(18)24-21/h3-7,16-17,20H,8-10,12-15H2,1-2H3. The van der Waals surface area contributed by atoms with Crippen molar-refractivity contribution in [1.29, 1.82) is 5.26 Å². The fraction of sp³-hybridized carbons (Fsp3) is 0.545. The van der Waals surface area contributed by atoms with E-state index in [1.807, 2.05) is 18.2 Å². The summed E-state index contributed by atoms with van der Waals surface area (Å²) in [7, 11) is 2.23. The lowest BCUT2D eigenvalue weighted by Gasteiger charge is -2.37. The van der Waals surface area contributed by atoms with Crippen molar-refractivity contribution in [2.45, 2.75) is 25.7 Å². The Morgan fingerprint density at radius 2 is 2.08 bits per heavy atom. The molecule has 0 aliphatic carbocycles. The lowest BCUT2D eigenvalue weighted by Crippen LogP contribution is -2.41. The highest BCUT2D eigenvalue weighted by Crippen LogP contribution is 2.31. The van der Waals surface area contributed by atoms with Gasteiger partial charge < -0.3 is 9.80 Å². The highest BCUT2D eigenvalue weighted by molar-refractivity contribution is 5.84. The van der Waals surface area contributed by atoms with Gasteiger partial charge in [-0.15, -0.1) is 0 Å². The van der Waals surface area contributed by atoms with Gasteiger partial charge in [0, 0.05) is 43.2 Å². The average molecular weight is 348 g/mol. The van der Waals surface area contributed by atoms with Crippen LogP contribution in [0.25, 0.3) is 10.9 Å². The molecule has 0 radical (unpaired) electrons. The molecule has 2 fully saturated rings. The Morgan fingerprint density at radius 3 is 2.85 bits per heavy atom. The predicted molar refractivity (Wildman–Crippen MR) is 105 cm³/mol. The molecule has 0 N–H and O–H groups in total. The van der Waals surface area contributed by atoms with E-state index in [4.69, 9.17) is 4.98 Å². The normalized spacial score (nSPS) is 27.7. The molecule has 4 rings (SSSR count). The molecule has 0 bridgehead atoms. The first-order chi connectivity index (χ1) is 12.6. The van der Waals surface area contributed by atoms with Gasteiger partial charge in [-0.1, -0.05) is 25.1 Å². The van der Waals surface area contributed by atoms with Crippen LogP contribution in [0, 0.1) is 23.2 Å². The topological polar surface area (TPSA) is 43.2 Å². The van der Waals surface area contributed by atoms with Crippen LogP contribution < -0.4 is 0 Å². The van der Waals surface area contributed by atoms with Crippen molar-refractivity contribution in [1.82, 2.24) is 14.8 Å². The van der Waals surface area contributed by atoms with E-state index < -0.39 is 0 Å². The number of hydrogen-bond acceptors (Lipinski definition) is 4. The molecule has 3 atom stereocenters. The van der Waals surface area contributed by atoms with E-state index in [2.05, 4.69) is 42.0 Å². The summed E-state index contributed by atoms with van der Waals surface area (Å²) in [6.45, 7) is 8.34. The number of likely N-dealkylation sites (tertiary alicyclic amines) is 2.